The number of halogens is 1. The van der Waals surface area contributed by atoms with Crippen LogP contribution in [-0.4, -0.2) is 25.1 Å². The maximum Gasteiger partial charge on any atom is 0.273 e. The molecule has 158 valence electrons. The Kier molecular flexibility index (Phi) is 4.78. The van der Waals surface area contributed by atoms with E-state index in [0.29, 0.717) is 17.1 Å². The van der Waals surface area contributed by atoms with Crippen LogP contribution in [0.2, 0.25) is 0 Å². The van der Waals surface area contributed by atoms with Crippen LogP contribution in [0.15, 0.2) is 79.1 Å². The zero-order valence-corrected chi connectivity index (χ0v) is 17.6. The Morgan fingerprint density at radius 1 is 1.00 bits per heavy atom. The van der Waals surface area contributed by atoms with E-state index in [1.54, 1.807) is 25.2 Å². The summed E-state index contributed by atoms with van der Waals surface area (Å²) < 4.78 is 16.7. The number of nitrogens with one attached hydrogen (secondary N) is 1. The first-order chi connectivity index (χ1) is 15.5. The van der Waals surface area contributed by atoms with E-state index in [1.165, 1.54) is 16.8 Å². The van der Waals surface area contributed by atoms with Crippen LogP contribution in [0, 0.1) is 12.7 Å². The number of nitrogens with zero attached hydrogens (tertiary/aromatic N) is 4. The molecule has 5 rings (SSSR count). The van der Waals surface area contributed by atoms with Gasteiger partial charge in [-0.1, -0.05) is 24.3 Å². The molecule has 0 spiro atoms. The lowest BCUT2D eigenvalue weighted by molar-refractivity contribution is 0.101. The molecule has 0 saturated carbocycles. The summed E-state index contributed by atoms with van der Waals surface area (Å²) in [5.74, 6) is -0.609. The Bertz CT molecular complexity index is 1450. The summed E-state index contributed by atoms with van der Waals surface area (Å²) >= 11 is 0. The minimum absolute atomic E-state index is 0.291. The average molecular weight is 425 g/mol. The van der Waals surface area contributed by atoms with Crippen molar-refractivity contribution >= 4 is 17.2 Å². The third-order valence-electron chi connectivity index (χ3n) is 5.38. The van der Waals surface area contributed by atoms with Crippen molar-refractivity contribution in [3.05, 3.63) is 96.2 Å². The molecule has 2 aromatic carbocycles. The minimum Gasteiger partial charge on any atom is -0.320 e. The Morgan fingerprint density at radius 2 is 1.78 bits per heavy atom. The van der Waals surface area contributed by atoms with Crippen molar-refractivity contribution in [1.82, 2.24) is 19.2 Å². The number of hydrogen-bond donors (Lipinski definition) is 1. The largest absolute Gasteiger partial charge is 0.320 e. The number of amides is 1. The zero-order chi connectivity index (χ0) is 22.2. The molecule has 1 amide bonds. The maximum absolute atomic E-state index is 13.2. The lowest BCUT2D eigenvalue weighted by atomic mass is 10.1. The summed E-state index contributed by atoms with van der Waals surface area (Å²) in [7, 11) is 1.71. The Balaban J connectivity index is 1.47. The third kappa shape index (κ3) is 3.54. The van der Waals surface area contributed by atoms with E-state index in [0.717, 1.165) is 28.0 Å². The summed E-state index contributed by atoms with van der Waals surface area (Å²) in [6.45, 7) is 2.01. The fourth-order valence-electron chi connectivity index (χ4n) is 3.73. The second-order valence-electron chi connectivity index (χ2n) is 7.59. The van der Waals surface area contributed by atoms with Gasteiger partial charge in [-0.15, -0.1) is 0 Å². The number of anilines is 1. The molecule has 0 aliphatic heterocycles. The van der Waals surface area contributed by atoms with E-state index >= 15 is 0 Å². The number of aromatic nitrogens is 4. The highest BCUT2D eigenvalue weighted by atomic mass is 19.1. The maximum atomic E-state index is 13.2. The number of carbonyl (C=O) groups is 1. The van der Waals surface area contributed by atoms with Gasteiger partial charge in [0, 0.05) is 30.6 Å². The van der Waals surface area contributed by atoms with E-state index in [4.69, 9.17) is 4.98 Å². The Morgan fingerprint density at radius 3 is 2.56 bits per heavy atom. The fourth-order valence-corrected chi connectivity index (χ4v) is 3.73. The first kappa shape index (κ1) is 19.7. The van der Waals surface area contributed by atoms with E-state index < -0.39 is 0 Å². The van der Waals surface area contributed by atoms with Gasteiger partial charge in [0.25, 0.3) is 5.91 Å². The smallest absolute Gasteiger partial charge is 0.273 e. The highest BCUT2D eigenvalue weighted by Gasteiger charge is 2.17. The first-order valence-corrected chi connectivity index (χ1v) is 10.1. The quantitative estimate of drug-likeness (QED) is 0.436. The number of pyridine rings is 1. The summed E-state index contributed by atoms with van der Waals surface area (Å²) in [4.78, 5) is 17.8. The van der Waals surface area contributed by atoms with Gasteiger partial charge in [0.2, 0.25) is 0 Å². The summed E-state index contributed by atoms with van der Waals surface area (Å²) in [6, 6.07) is 19.3. The van der Waals surface area contributed by atoms with E-state index in [2.05, 4.69) is 10.4 Å². The molecule has 0 bridgehead atoms. The predicted octanol–water partition coefficient (Wildman–Crippen LogP) is 5.10. The molecule has 3 aromatic heterocycles. The molecule has 0 aliphatic rings. The first-order valence-electron chi connectivity index (χ1n) is 10.1. The van der Waals surface area contributed by atoms with Gasteiger partial charge in [-0.05, 0) is 55.0 Å². The molecule has 6 nitrogen and oxygen atoms in total. The van der Waals surface area contributed by atoms with Gasteiger partial charge in [0.05, 0.1) is 17.1 Å². The molecule has 3 heterocycles. The van der Waals surface area contributed by atoms with Gasteiger partial charge in [-0.3, -0.25) is 9.48 Å². The topological polar surface area (TPSA) is 64.2 Å². The molecule has 0 aliphatic carbocycles. The molecule has 7 heteroatoms. The summed E-state index contributed by atoms with van der Waals surface area (Å²) in [5.41, 5.74) is 5.93. The van der Waals surface area contributed by atoms with Crippen molar-refractivity contribution in [2.75, 3.05) is 5.32 Å². The molecule has 0 saturated heterocycles. The van der Waals surface area contributed by atoms with Crippen LogP contribution < -0.4 is 5.32 Å². The van der Waals surface area contributed by atoms with Gasteiger partial charge >= 0.3 is 0 Å². The van der Waals surface area contributed by atoms with Gasteiger partial charge in [-0.25, -0.2) is 9.37 Å². The van der Waals surface area contributed by atoms with Crippen LogP contribution in [0.3, 0.4) is 0 Å². The minimum atomic E-state index is -0.318. The van der Waals surface area contributed by atoms with Crippen LogP contribution >= 0.6 is 0 Å². The Hall–Kier alpha value is -4.26. The summed E-state index contributed by atoms with van der Waals surface area (Å²) in [5, 5.41) is 7.40. The van der Waals surface area contributed by atoms with Crippen molar-refractivity contribution < 1.29 is 9.18 Å². The molecule has 0 radical (unpaired) electrons. The highest BCUT2D eigenvalue weighted by Crippen LogP contribution is 2.29. The molecule has 0 unspecified atom stereocenters. The fraction of sp³-hybridized carbons (Fsp3) is 0.0800. The zero-order valence-electron chi connectivity index (χ0n) is 17.6. The van der Waals surface area contributed by atoms with Gasteiger partial charge < -0.3 is 9.72 Å². The predicted molar refractivity (Wildman–Crippen MR) is 122 cm³/mol. The Labute approximate surface area is 184 Å². The van der Waals surface area contributed by atoms with E-state index in [9.17, 15) is 9.18 Å². The highest BCUT2D eigenvalue weighted by molar-refractivity contribution is 6.05. The molecular weight excluding hydrogens is 405 g/mol. The van der Waals surface area contributed by atoms with E-state index in [-0.39, 0.29) is 11.7 Å². The normalized spacial score (nSPS) is 11.1. The molecular formula is C25H20FN5O. The van der Waals surface area contributed by atoms with Crippen molar-refractivity contribution in [1.29, 1.82) is 0 Å². The van der Waals surface area contributed by atoms with Crippen molar-refractivity contribution in [2.45, 2.75) is 6.92 Å². The van der Waals surface area contributed by atoms with Crippen LogP contribution in [0.4, 0.5) is 10.1 Å². The standard InChI is InChI=1S/C25H20FN5O/c1-16-6-5-13-31-15-22(27-24(16)31)19-7-3-4-8-20(19)28-25(32)23-14-21(29-30(23)2)17-9-11-18(26)12-10-17/h3-15H,1-2H3,(H,28,32). The molecule has 0 atom stereocenters. The van der Waals surface area contributed by atoms with Gasteiger partial charge in [-0.2, -0.15) is 5.10 Å². The van der Waals surface area contributed by atoms with Crippen molar-refractivity contribution in [2.24, 2.45) is 7.05 Å². The number of aryl methyl sites for hydroxylation is 2. The second-order valence-corrected chi connectivity index (χ2v) is 7.59. The van der Waals surface area contributed by atoms with Crippen molar-refractivity contribution in [3.63, 3.8) is 0 Å². The number of hydrogen-bond acceptors (Lipinski definition) is 3. The summed E-state index contributed by atoms with van der Waals surface area (Å²) in [6.07, 6.45) is 3.90. The van der Waals surface area contributed by atoms with Crippen molar-refractivity contribution in [3.8, 4) is 22.5 Å². The van der Waals surface area contributed by atoms with Crippen LogP contribution in [0.1, 0.15) is 16.1 Å². The molecule has 0 fully saturated rings. The average Bonchev–Trinajstić information content (AvgIpc) is 3.39. The van der Waals surface area contributed by atoms with E-state index in [1.807, 2.05) is 60.1 Å². The lowest BCUT2D eigenvalue weighted by Gasteiger charge is -2.09. The number of fused-ring (bicyclic) bond motifs is 1. The van der Waals surface area contributed by atoms with Crippen LogP contribution in [-0.2, 0) is 7.05 Å². The lowest BCUT2D eigenvalue weighted by Crippen LogP contribution is -2.16. The van der Waals surface area contributed by atoms with Gasteiger partial charge in [0.15, 0.2) is 0 Å². The second kappa shape index (κ2) is 7.77. The van der Waals surface area contributed by atoms with Crippen LogP contribution in [0.25, 0.3) is 28.2 Å². The number of benzene rings is 2. The number of para-hydroxylation sites is 1. The molecule has 32 heavy (non-hydrogen) atoms. The monoisotopic (exact) mass is 425 g/mol. The molecule has 1 N–H and O–H groups in total. The van der Waals surface area contributed by atoms with Gasteiger partial charge in [0.1, 0.15) is 17.2 Å². The molecule has 5 aromatic rings. The third-order valence-corrected chi connectivity index (χ3v) is 5.38. The number of imidazole rings is 1. The SMILES string of the molecule is Cc1cccn2cc(-c3ccccc3NC(=O)c3cc(-c4ccc(F)cc4)nn3C)nc12. The van der Waals surface area contributed by atoms with Crippen LogP contribution in [0.5, 0.6) is 0 Å². The number of rotatable bonds is 4. The number of carbonyl (C=O) groups excluding carboxylic acids is 1.